The van der Waals surface area contributed by atoms with Gasteiger partial charge in [0.25, 0.3) is 0 Å². The van der Waals surface area contributed by atoms with Gasteiger partial charge in [0.1, 0.15) is 11.9 Å². The van der Waals surface area contributed by atoms with E-state index in [1.165, 1.54) is 0 Å². The number of hydrogen-bond acceptors (Lipinski definition) is 4. The zero-order valence-corrected chi connectivity index (χ0v) is 22.3. The number of anilines is 2. The van der Waals surface area contributed by atoms with Gasteiger partial charge < -0.3 is 10.6 Å². The van der Waals surface area contributed by atoms with Crippen LogP contribution >= 0.6 is 11.6 Å². The number of pyridine rings is 1. The SMILES string of the molecule is Cc1ccccc1N(C(=O)CCCC(=O)Nc1ccccn1)[C@H](C(=O)NC1CCCC1)c1ccc(Cl)cc1. The van der Waals surface area contributed by atoms with E-state index in [-0.39, 0.29) is 36.6 Å². The minimum absolute atomic E-state index is 0.0985. The summed E-state index contributed by atoms with van der Waals surface area (Å²) >= 11 is 6.15. The number of hydrogen-bond donors (Lipinski definition) is 2. The van der Waals surface area contributed by atoms with Crippen LogP contribution in [0.5, 0.6) is 0 Å². The van der Waals surface area contributed by atoms with Gasteiger partial charge in [-0.1, -0.05) is 60.8 Å². The van der Waals surface area contributed by atoms with Crippen LogP contribution < -0.4 is 15.5 Å². The quantitative estimate of drug-likeness (QED) is 0.336. The summed E-state index contributed by atoms with van der Waals surface area (Å²) in [4.78, 5) is 45.7. The standard InChI is InChI=1S/C30H33ClN4O3/c1-21-9-2-5-12-25(21)35(28(37)15-8-14-27(36)34-26-13-6-7-20-32-26)29(22-16-18-23(31)19-17-22)30(38)33-24-10-3-4-11-24/h2,5-7,9,12-13,16-20,24,29H,3-4,8,10-11,14-15H2,1H3,(H,33,38)(H,32,34,36)/t29-/m0/s1. The van der Waals surface area contributed by atoms with Crippen LogP contribution in [0.1, 0.15) is 62.1 Å². The molecule has 198 valence electrons. The van der Waals surface area contributed by atoms with Crippen LogP contribution in [0.4, 0.5) is 11.5 Å². The Kier molecular flexibility index (Phi) is 9.49. The molecule has 3 amide bonds. The summed E-state index contributed by atoms with van der Waals surface area (Å²) in [5, 5.41) is 6.48. The van der Waals surface area contributed by atoms with Gasteiger partial charge in [-0.3, -0.25) is 19.3 Å². The number of carbonyl (C=O) groups excluding carboxylic acids is 3. The minimum Gasteiger partial charge on any atom is -0.351 e. The summed E-state index contributed by atoms with van der Waals surface area (Å²) in [6.07, 6.45) is 6.22. The Morgan fingerprint density at radius 2 is 1.68 bits per heavy atom. The molecule has 4 rings (SSSR count). The number of aromatic nitrogens is 1. The third kappa shape index (κ3) is 7.19. The summed E-state index contributed by atoms with van der Waals surface area (Å²) < 4.78 is 0. The summed E-state index contributed by atoms with van der Waals surface area (Å²) in [6.45, 7) is 1.92. The predicted molar refractivity (Wildman–Crippen MR) is 150 cm³/mol. The highest BCUT2D eigenvalue weighted by molar-refractivity contribution is 6.30. The molecule has 0 radical (unpaired) electrons. The third-order valence-corrected chi connectivity index (χ3v) is 7.02. The first kappa shape index (κ1) is 27.3. The molecule has 1 heterocycles. The van der Waals surface area contributed by atoms with Crippen molar-refractivity contribution < 1.29 is 14.4 Å². The maximum atomic E-state index is 13.8. The van der Waals surface area contributed by atoms with E-state index in [1.807, 2.05) is 31.2 Å². The number of halogens is 1. The lowest BCUT2D eigenvalue weighted by Gasteiger charge is -2.33. The Morgan fingerprint density at radius 1 is 0.974 bits per heavy atom. The lowest BCUT2D eigenvalue weighted by Crippen LogP contribution is -2.46. The Balaban J connectivity index is 1.58. The Bertz CT molecular complexity index is 1240. The van der Waals surface area contributed by atoms with Crippen molar-refractivity contribution in [1.29, 1.82) is 0 Å². The smallest absolute Gasteiger partial charge is 0.248 e. The number of aryl methyl sites for hydroxylation is 1. The highest BCUT2D eigenvalue weighted by atomic mass is 35.5. The molecule has 0 spiro atoms. The maximum absolute atomic E-state index is 13.8. The van der Waals surface area contributed by atoms with Gasteiger partial charge in [0.15, 0.2) is 0 Å². The van der Waals surface area contributed by atoms with Gasteiger partial charge in [0.05, 0.1) is 0 Å². The number of benzene rings is 2. The third-order valence-electron chi connectivity index (χ3n) is 6.76. The van der Waals surface area contributed by atoms with E-state index in [2.05, 4.69) is 15.6 Å². The van der Waals surface area contributed by atoms with E-state index < -0.39 is 6.04 Å². The van der Waals surface area contributed by atoms with Gasteiger partial charge in [-0.2, -0.15) is 0 Å². The highest BCUT2D eigenvalue weighted by Crippen LogP contribution is 2.32. The van der Waals surface area contributed by atoms with Gasteiger partial charge >= 0.3 is 0 Å². The maximum Gasteiger partial charge on any atom is 0.248 e. The van der Waals surface area contributed by atoms with E-state index in [1.54, 1.807) is 53.6 Å². The molecule has 7 nitrogen and oxygen atoms in total. The Labute approximate surface area is 228 Å². The molecule has 0 aliphatic heterocycles. The van der Waals surface area contributed by atoms with Crippen LogP contribution in [0.25, 0.3) is 0 Å². The molecular formula is C30H33ClN4O3. The second kappa shape index (κ2) is 13.2. The monoisotopic (exact) mass is 532 g/mol. The molecule has 1 aliphatic rings. The van der Waals surface area contributed by atoms with E-state index in [4.69, 9.17) is 11.6 Å². The number of amides is 3. The summed E-state index contributed by atoms with van der Waals surface area (Å²) in [7, 11) is 0. The molecule has 1 atom stereocenters. The van der Waals surface area contributed by atoms with Crippen LogP contribution in [0.2, 0.25) is 5.02 Å². The molecule has 2 N–H and O–H groups in total. The average molecular weight is 533 g/mol. The van der Waals surface area contributed by atoms with Crippen LogP contribution in [-0.4, -0.2) is 28.7 Å². The second-order valence-electron chi connectivity index (χ2n) is 9.61. The van der Waals surface area contributed by atoms with Crippen molar-refractivity contribution >= 4 is 40.8 Å². The van der Waals surface area contributed by atoms with Crippen molar-refractivity contribution in [2.24, 2.45) is 0 Å². The molecule has 1 fully saturated rings. The van der Waals surface area contributed by atoms with Crippen molar-refractivity contribution in [2.45, 2.75) is 64.0 Å². The molecule has 1 aliphatic carbocycles. The fourth-order valence-electron chi connectivity index (χ4n) is 4.83. The minimum atomic E-state index is -0.871. The Morgan fingerprint density at radius 3 is 2.37 bits per heavy atom. The molecule has 2 aromatic carbocycles. The van der Waals surface area contributed by atoms with Crippen LogP contribution in [-0.2, 0) is 14.4 Å². The van der Waals surface area contributed by atoms with Crippen LogP contribution in [0.15, 0.2) is 72.9 Å². The van der Waals surface area contributed by atoms with E-state index >= 15 is 0 Å². The van der Waals surface area contributed by atoms with Crippen molar-refractivity contribution in [1.82, 2.24) is 10.3 Å². The highest BCUT2D eigenvalue weighted by Gasteiger charge is 2.34. The van der Waals surface area contributed by atoms with Crippen molar-refractivity contribution in [3.05, 3.63) is 89.1 Å². The first-order chi connectivity index (χ1) is 18.4. The number of nitrogens with zero attached hydrogens (tertiary/aromatic N) is 2. The Hall–Kier alpha value is -3.71. The van der Waals surface area contributed by atoms with Gasteiger partial charge in [0.2, 0.25) is 17.7 Å². The molecule has 1 aromatic heterocycles. The number of carbonyl (C=O) groups is 3. The van der Waals surface area contributed by atoms with E-state index in [0.717, 1.165) is 31.2 Å². The average Bonchev–Trinajstić information content (AvgIpc) is 3.42. The molecule has 38 heavy (non-hydrogen) atoms. The van der Waals surface area contributed by atoms with Gasteiger partial charge in [0, 0.05) is 35.8 Å². The number of rotatable bonds is 10. The number of nitrogens with one attached hydrogen (secondary N) is 2. The molecular weight excluding hydrogens is 500 g/mol. The van der Waals surface area contributed by atoms with Crippen molar-refractivity contribution in [2.75, 3.05) is 10.2 Å². The topological polar surface area (TPSA) is 91.4 Å². The van der Waals surface area contributed by atoms with Crippen LogP contribution in [0, 0.1) is 6.92 Å². The molecule has 0 saturated heterocycles. The van der Waals surface area contributed by atoms with E-state index in [9.17, 15) is 14.4 Å². The van der Waals surface area contributed by atoms with Crippen molar-refractivity contribution in [3.8, 4) is 0 Å². The summed E-state index contributed by atoms with van der Waals surface area (Å²) in [6, 6.07) is 19.1. The number of para-hydroxylation sites is 1. The zero-order chi connectivity index (χ0) is 26.9. The zero-order valence-electron chi connectivity index (χ0n) is 21.5. The molecule has 0 unspecified atom stereocenters. The van der Waals surface area contributed by atoms with Gasteiger partial charge in [-0.05, 0) is 67.6 Å². The fourth-order valence-corrected chi connectivity index (χ4v) is 4.95. The van der Waals surface area contributed by atoms with E-state index in [0.29, 0.717) is 28.5 Å². The van der Waals surface area contributed by atoms with Gasteiger partial charge in [-0.25, -0.2) is 4.98 Å². The first-order valence-corrected chi connectivity index (χ1v) is 13.4. The molecule has 8 heteroatoms. The predicted octanol–water partition coefficient (Wildman–Crippen LogP) is 5.99. The second-order valence-corrected chi connectivity index (χ2v) is 10.0. The normalized spacial score (nSPS) is 14.1. The summed E-state index contributed by atoms with van der Waals surface area (Å²) in [5.41, 5.74) is 2.22. The first-order valence-electron chi connectivity index (χ1n) is 13.1. The fraction of sp³-hybridized carbons (Fsp3) is 0.333. The van der Waals surface area contributed by atoms with Gasteiger partial charge in [-0.15, -0.1) is 0 Å². The lowest BCUT2D eigenvalue weighted by molar-refractivity contribution is -0.127. The summed E-state index contributed by atoms with van der Waals surface area (Å²) in [5.74, 6) is -0.195. The lowest BCUT2D eigenvalue weighted by atomic mass is 10.0. The molecule has 1 saturated carbocycles. The molecule has 3 aromatic rings. The molecule has 0 bridgehead atoms. The van der Waals surface area contributed by atoms with Crippen LogP contribution in [0.3, 0.4) is 0 Å². The largest absolute Gasteiger partial charge is 0.351 e. The van der Waals surface area contributed by atoms with Crippen molar-refractivity contribution in [3.63, 3.8) is 0 Å².